The van der Waals surface area contributed by atoms with Gasteiger partial charge in [-0.15, -0.1) is 11.3 Å². The first-order valence-corrected chi connectivity index (χ1v) is 7.76. The van der Waals surface area contributed by atoms with Crippen LogP contribution < -0.4 is 0 Å². The molecule has 1 aliphatic heterocycles. The zero-order chi connectivity index (χ0) is 13.0. The zero-order valence-corrected chi connectivity index (χ0v) is 12.9. The van der Waals surface area contributed by atoms with Crippen LogP contribution in [0.2, 0.25) is 0 Å². The van der Waals surface area contributed by atoms with Crippen molar-refractivity contribution in [3.8, 4) is 0 Å². The van der Waals surface area contributed by atoms with Crippen LogP contribution >= 0.6 is 27.3 Å². The molecule has 0 radical (unpaired) electrons. The first kappa shape index (κ1) is 14.2. The Morgan fingerprint density at radius 2 is 2.28 bits per heavy atom. The summed E-state index contributed by atoms with van der Waals surface area (Å²) in [6.45, 7) is 3.12. The van der Waals surface area contributed by atoms with Gasteiger partial charge >= 0.3 is 0 Å². The van der Waals surface area contributed by atoms with Gasteiger partial charge in [0.1, 0.15) is 6.29 Å². The van der Waals surface area contributed by atoms with Crippen molar-refractivity contribution in [3.05, 3.63) is 20.8 Å². The summed E-state index contributed by atoms with van der Waals surface area (Å²) in [6.07, 6.45) is 2.82. The molecule has 1 aliphatic rings. The Bertz CT molecular complexity index is 401. The number of thiophene rings is 1. The predicted octanol–water partition coefficient (Wildman–Crippen LogP) is 2.94. The summed E-state index contributed by atoms with van der Waals surface area (Å²) in [6, 6.07) is 2.14. The number of nitrogens with zero attached hydrogens (tertiary/aromatic N) is 1. The average Bonchev–Trinajstić information content (AvgIpc) is 2.75. The van der Waals surface area contributed by atoms with E-state index in [-0.39, 0.29) is 5.41 Å². The van der Waals surface area contributed by atoms with E-state index in [1.165, 1.54) is 4.88 Å². The minimum Gasteiger partial charge on any atom is -0.381 e. The Balaban J connectivity index is 1.92. The van der Waals surface area contributed by atoms with E-state index in [1.807, 2.05) is 0 Å². The van der Waals surface area contributed by atoms with Gasteiger partial charge in [-0.2, -0.15) is 0 Å². The van der Waals surface area contributed by atoms with Crippen molar-refractivity contribution in [1.82, 2.24) is 4.90 Å². The van der Waals surface area contributed by atoms with E-state index in [2.05, 4.69) is 39.3 Å². The van der Waals surface area contributed by atoms with Crippen LogP contribution in [0.5, 0.6) is 0 Å². The molecule has 0 N–H and O–H groups in total. The molecule has 0 aliphatic carbocycles. The molecule has 0 aromatic carbocycles. The number of aldehydes is 1. The highest BCUT2D eigenvalue weighted by Crippen LogP contribution is 2.30. The lowest BCUT2D eigenvalue weighted by Crippen LogP contribution is -2.40. The normalized spacial score (nSPS) is 19.1. The maximum Gasteiger partial charge on any atom is 0.127 e. The minimum atomic E-state index is -0.207. The van der Waals surface area contributed by atoms with Crippen molar-refractivity contribution in [2.45, 2.75) is 19.4 Å². The largest absolute Gasteiger partial charge is 0.381 e. The summed E-state index contributed by atoms with van der Waals surface area (Å²) < 4.78 is 6.48. The van der Waals surface area contributed by atoms with Crippen molar-refractivity contribution in [3.63, 3.8) is 0 Å². The fourth-order valence-corrected chi connectivity index (χ4v) is 3.92. The van der Waals surface area contributed by atoms with Crippen LogP contribution in [0.25, 0.3) is 0 Å². The summed E-state index contributed by atoms with van der Waals surface area (Å²) in [5.74, 6) is 0. The van der Waals surface area contributed by atoms with Gasteiger partial charge < -0.3 is 14.4 Å². The van der Waals surface area contributed by atoms with Gasteiger partial charge in [-0.1, -0.05) is 0 Å². The zero-order valence-electron chi connectivity index (χ0n) is 10.5. The molecule has 0 bridgehead atoms. The number of ether oxygens (including phenoxy) is 1. The van der Waals surface area contributed by atoms with Gasteiger partial charge in [-0.25, -0.2) is 0 Å². The third-order valence-electron chi connectivity index (χ3n) is 3.37. The van der Waals surface area contributed by atoms with E-state index >= 15 is 0 Å². The Labute approximate surface area is 120 Å². The second-order valence-electron chi connectivity index (χ2n) is 5.00. The van der Waals surface area contributed by atoms with E-state index in [1.54, 1.807) is 11.3 Å². The molecule has 18 heavy (non-hydrogen) atoms. The molecule has 1 aromatic rings. The van der Waals surface area contributed by atoms with E-state index < -0.39 is 0 Å². The third-order valence-corrected chi connectivity index (χ3v) is 5.05. The van der Waals surface area contributed by atoms with Crippen molar-refractivity contribution < 1.29 is 9.53 Å². The summed E-state index contributed by atoms with van der Waals surface area (Å²) in [5.41, 5.74) is -0.207. The molecule has 0 unspecified atom stereocenters. The van der Waals surface area contributed by atoms with E-state index in [9.17, 15) is 4.79 Å². The van der Waals surface area contributed by atoms with Gasteiger partial charge in [0.05, 0.1) is 0 Å². The fourth-order valence-electron chi connectivity index (χ4n) is 2.39. The Hall–Kier alpha value is -0.230. The third kappa shape index (κ3) is 3.63. The monoisotopic (exact) mass is 331 g/mol. The molecule has 0 spiro atoms. The highest BCUT2D eigenvalue weighted by Gasteiger charge is 2.33. The summed E-state index contributed by atoms with van der Waals surface area (Å²) in [4.78, 5) is 14.9. The highest BCUT2D eigenvalue weighted by atomic mass is 79.9. The van der Waals surface area contributed by atoms with Crippen LogP contribution in [0.15, 0.2) is 15.9 Å². The lowest BCUT2D eigenvalue weighted by molar-refractivity contribution is -0.122. The van der Waals surface area contributed by atoms with Crippen molar-refractivity contribution in [1.29, 1.82) is 0 Å². The van der Waals surface area contributed by atoms with E-state index in [0.717, 1.165) is 36.7 Å². The number of halogens is 1. The van der Waals surface area contributed by atoms with Crippen LogP contribution in [0, 0.1) is 5.41 Å². The summed E-state index contributed by atoms with van der Waals surface area (Å²) in [5, 5.41) is 2.09. The predicted molar refractivity (Wildman–Crippen MR) is 76.9 cm³/mol. The maximum absolute atomic E-state index is 11.4. The number of hydrogen-bond donors (Lipinski definition) is 0. The molecule has 0 atom stereocenters. The van der Waals surface area contributed by atoms with E-state index in [4.69, 9.17) is 4.74 Å². The molecule has 5 heteroatoms. The van der Waals surface area contributed by atoms with E-state index in [0.29, 0.717) is 13.2 Å². The van der Waals surface area contributed by atoms with Gasteiger partial charge in [0.2, 0.25) is 0 Å². The van der Waals surface area contributed by atoms with Gasteiger partial charge in [-0.3, -0.25) is 0 Å². The van der Waals surface area contributed by atoms with Gasteiger partial charge in [-0.05, 0) is 41.9 Å². The van der Waals surface area contributed by atoms with Crippen molar-refractivity contribution in [2.24, 2.45) is 5.41 Å². The minimum absolute atomic E-state index is 0.207. The molecule has 3 nitrogen and oxygen atoms in total. The van der Waals surface area contributed by atoms with Crippen LogP contribution in [0.4, 0.5) is 0 Å². The van der Waals surface area contributed by atoms with Crippen LogP contribution in [0.3, 0.4) is 0 Å². The lowest BCUT2D eigenvalue weighted by atomic mass is 9.81. The number of carbonyl (C=O) groups is 1. The van der Waals surface area contributed by atoms with Crippen LogP contribution in [-0.2, 0) is 16.1 Å². The molecule has 2 heterocycles. The quantitative estimate of drug-likeness (QED) is 0.777. The fraction of sp³-hybridized carbons (Fsp3) is 0.615. The van der Waals surface area contributed by atoms with Crippen molar-refractivity contribution >= 4 is 33.6 Å². The van der Waals surface area contributed by atoms with Crippen molar-refractivity contribution in [2.75, 3.05) is 26.8 Å². The van der Waals surface area contributed by atoms with Gasteiger partial charge in [0.15, 0.2) is 0 Å². The maximum atomic E-state index is 11.4. The van der Waals surface area contributed by atoms with Gasteiger partial charge in [0.25, 0.3) is 0 Å². The molecule has 0 saturated carbocycles. The number of rotatable bonds is 5. The second-order valence-corrected chi connectivity index (χ2v) is 6.91. The Kier molecular flexibility index (Phi) is 4.95. The molecule has 0 amide bonds. The second kappa shape index (κ2) is 6.28. The Morgan fingerprint density at radius 3 is 2.83 bits per heavy atom. The number of hydrogen-bond acceptors (Lipinski definition) is 4. The SMILES string of the molecule is CN(Cc1cc(Br)cs1)CC1(C=O)CCOCC1. The average molecular weight is 332 g/mol. The van der Waals surface area contributed by atoms with Gasteiger partial charge in [0, 0.05) is 46.4 Å². The molecule has 1 fully saturated rings. The molecule has 1 aromatic heterocycles. The highest BCUT2D eigenvalue weighted by molar-refractivity contribution is 9.10. The molecular formula is C13H18BrNO2S. The molecule has 100 valence electrons. The molecule has 1 saturated heterocycles. The molecule has 2 rings (SSSR count). The Morgan fingerprint density at radius 1 is 1.56 bits per heavy atom. The molecular weight excluding hydrogens is 314 g/mol. The van der Waals surface area contributed by atoms with Crippen LogP contribution in [0.1, 0.15) is 17.7 Å². The summed E-state index contributed by atoms with van der Waals surface area (Å²) >= 11 is 5.21. The summed E-state index contributed by atoms with van der Waals surface area (Å²) in [7, 11) is 2.08. The first-order valence-electron chi connectivity index (χ1n) is 6.09. The standard InChI is InChI=1S/C13H18BrNO2S/c1-15(7-12-6-11(14)8-18-12)9-13(10-16)2-4-17-5-3-13/h6,8,10H,2-5,7,9H2,1H3. The number of carbonyl (C=O) groups excluding carboxylic acids is 1. The smallest absolute Gasteiger partial charge is 0.127 e. The lowest BCUT2D eigenvalue weighted by Gasteiger charge is -2.35. The first-order chi connectivity index (χ1) is 8.63. The van der Waals surface area contributed by atoms with Crippen LogP contribution in [-0.4, -0.2) is 38.0 Å². The topological polar surface area (TPSA) is 29.5 Å².